The number of para-hydroxylation sites is 1. The second kappa shape index (κ2) is 11.2. The molecule has 1 aliphatic carbocycles. The van der Waals surface area contributed by atoms with E-state index < -0.39 is 10.0 Å². The highest BCUT2D eigenvalue weighted by Crippen LogP contribution is 2.46. The minimum atomic E-state index is -3.59. The van der Waals surface area contributed by atoms with E-state index in [4.69, 9.17) is 4.74 Å². The van der Waals surface area contributed by atoms with Crippen LogP contribution in [0.2, 0.25) is 0 Å². The Morgan fingerprint density at radius 2 is 1.67 bits per heavy atom. The first kappa shape index (κ1) is 30.9. The molecule has 2 aliphatic rings. The van der Waals surface area contributed by atoms with E-state index in [1.54, 1.807) is 6.07 Å². The number of aryl methyl sites for hydroxylation is 1. The highest BCUT2D eigenvalue weighted by molar-refractivity contribution is 7.92. The van der Waals surface area contributed by atoms with Gasteiger partial charge in [-0.25, -0.2) is 8.42 Å². The van der Waals surface area contributed by atoms with Gasteiger partial charge in [0.1, 0.15) is 5.69 Å². The summed E-state index contributed by atoms with van der Waals surface area (Å²) in [5, 5.41) is 3.94. The topological polar surface area (TPSA) is 113 Å². The van der Waals surface area contributed by atoms with Crippen molar-refractivity contribution in [1.82, 2.24) is 14.4 Å². The maximum Gasteiger partial charge on any atom is 0.272 e. The third-order valence-corrected chi connectivity index (χ3v) is 9.24. The largest absolute Gasteiger partial charge is 0.492 e. The summed E-state index contributed by atoms with van der Waals surface area (Å²) >= 11 is 0. The molecule has 0 spiro atoms. The minimum absolute atomic E-state index is 0.141. The van der Waals surface area contributed by atoms with Crippen molar-refractivity contribution in [1.29, 1.82) is 0 Å². The van der Waals surface area contributed by atoms with Gasteiger partial charge in [0, 0.05) is 50.6 Å². The fourth-order valence-electron chi connectivity index (χ4n) is 5.82. The molecule has 2 amide bonds. The van der Waals surface area contributed by atoms with Crippen LogP contribution in [-0.4, -0.2) is 74.1 Å². The molecular formula is C32H43N5O5S. The van der Waals surface area contributed by atoms with Crippen molar-refractivity contribution in [3.05, 3.63) is 53.2 Å². The number of aromatic nitrogens is 1. The summed E-state index contributed by atoms with van der Waals surface area (Å²) in [5.41, 5.74) is 3.58. The molecule has 2 N–H and O–H groups in total. The van der Waals surface area contributed by atoms with Gasteiger partial charge >= 0.3 is 0 Å². The van der Waals surface area contributed by atoms with Crippen molar-refractivity contribution in [3.63, 3.8) is 0 Å². The molecule has 5 rings (SSSR count). The summed E-state index contributed by atoms with van der Waals surface area (Å²) in [5.74, 6) is 0.191. The van der Waals surface area contributed by atoms with Crippen molar-refractivity contribution in [2.45, 2.75) is 52.5 Å². The first-order valence-electron chi connectivity index (χ1n) is 14.7. The van der Waals surface area contributed by atoms with Gasteiger partial charge in [-0.15, -0.1) is 0 Å². The number of benzene rings is 2. The van der Waals surface area contributed by atoms with Gasteiger partial charge in [-0.1, -0.05) is 45.9 Å². The minimum Gasteiger partial charge on any atom is -0.492 e. The average molecular weight is 610 g/mol. The molecule has 0 radical (unpaired) electrons. The number of ether oxygens (including phenoxy) is 1. The summed E-state index contributed by atoms with van der Waals surface area (Å²) in [6, 6.07) is 11.5. The van der Waals surface area contributed by atoms with Crippen LogP contribution in [0.3, 0.4) is 0 Å². The monoisotopic (exact) mass is 609 g/mol. The lowest BCUT2D eigenvalue weighted by atomic mass is 9.86. The standard InChI is InChI=1S/C32H43N5O5S/c1-31(2,3)23-18-24(28(42-6)25(19-23)34-43(7,40)41)33-29(38)26-17-21-9-8-10-22(27(21)35(26)5)20-36-13-15-37(16-14-36)30(39)32(4)11-12-32/h8-10,17-19,34H,11-16,20H2,1-7H3,(H,33,38). The van der Waals surface area contributed by atoms with Gasteiger partial charge in [0.15, 0.2) is 5.75 Å². The van der Waals surface area contributed by atoms with Crippen LogP contribution in [0.25, 0.3) is 10.9 Å². The Bertz CT molecular complexity index is 1680. The van der Waals surface area contributed by atoms with Crippen LogP contribution in [-0.2, 0) is 33.8 Å². The van der Waals surface area contributed by atoms with Gasteiger partial charge in [-0.05, 0) is 47.6 Å². The zero-order chi connectivity index (χ0) is 31.3. The highest BCUT2D eigenvalue weighted by Gasteiger charge is 2.47. The highest BCUT2D eigenvalue weighted by atomic mass is 32.2. The molecule has 11 heteroatoms. The third-order valence-electron chi connectivity index (χ3n) is 8.64. The molecule has 43 heavy (non-hydrogen) atoms. The number of hydrogen-bond donors (Lipinski definition) is 2. The summed E-state index contributed by atoms with van der Waals surface area (Å²) in [6.45, 7) is 11.9. The van der Waals surface area contributed by atoms with E-state index in [2.05, 4.69) is 27.9 Å². The molecule has 10 nitrogen and oxygen atoms in total. The van der Waals surface area contributed by atoms with E-state index in [0.29, 0.717) is 11.4 Å². The molecule has 2 heterocycles. The molecule has 2 aromatic carbocycles. The van der Waals surface area contributed by atoms with E-state index in [9.17, 15) is 18.0 Å². The SMILES string of the molecule is COc1c(NC(=O)c2cc3cccc(CN4CCN(C(=O)C5(C)CC5)CC4)c3n2C)cc(C(C)(C)C)cc1NS(C)(=O)=O. The third kappa shape index (κ3) is 6.52. The molecule has 2 fully saturated rings. The smallest absolute Gasteiger partial charge is 0.272 e. The van der Waals surface area contributed by atoms with Gasteiger partial charge in [0.05, 0.1) is 30.3 Å². The number of fused-ring (bicyclic) bond motifs is 1. The van der Waals surface area contributed by atoms with Crippen LogP contribution in [0.5, 0.6) is 5.75 Å². The van der Waals surface area contributed by atoms with Gasteiger partial charge in [-0.2, -0.15) is 0 Å². The van der Waals surface area contributed by atoms with Crippen LogP contribution in [0.4, 0.5) is 11.4 Å². The lowest BCUT2D eigenvalue weighted by Gasteiger charge is -2.36. The maximum absolute atomic E-state index is 13.7. The molecule has 3 aromatic rings. The van der Waals surface area contributed by atoms with Crippen molar-refractivity contribution < 1.29 is 22.7 Å². The molecule has 0 atom stereocenters. The van der Waals surface area contributed by atoms with Crippen molar-refractivity contribution in [2.75, 3.05) is 49.6 Å². The fraction of sp³-hybridized carbons (Fsp3) is 0.500. The molecule has 1 saturated heterocycles. The van der Waals surface area contributed by atoms with Crippen LogP contribution in [0.1, 0.15) is 62.2 Å². The Hall–Kier alpha value is -3.57. The number of carbonyl (C=O) groups excluding carboxylic acids is 2. The number of sulfonamides is 1. The molecular weight excluding hydrogens is 566 g/mol. The number of anilines is 2. The van der Waals surface area contributed by atoms with Crippen LogP contribution < -0.4 is 14.8 Å². The van der Waals surface area contributed by atoms with Crippen molar-refractivity contribution in [2.24, 2.45) is 12.5 Å². The second-order valence-corrected chi connectivity index (χ2v) is 15.0. The summed E-state index contributed by atoms with van der Waals surface area (Å²) < 4.78 is 34.2. The first-order chi connectivity index (χ1) is 20.1. The van der Waals surface area contributed by atoms with Gasteiger partial charge in [0.2, 0.25) is 15.9 Å². The number of nitrogens with zero attached hydrogens (tertiary/aromatic N) is 3. The Kier molecular flexibility index (Phi) is 8.02. The van der Waals surface area contributed by atoms with Crippen LogP contribution >= 0.6 is 0 Å². The Labute approximate surface area is 254 Å². The molecule has 0 unspecified atom stereocenters. The average Bonchev–Trinajstić information content (AvgIpc) is 3.58. The number of piperazine rings is 1. The van der Waals surface area contributed by atoms with E-state index in [1.807, 2.05) is 61.6 Å². The van der Waals surface area contributed by atoms with Gasteiger partial charge in [0.25, 0.3) is 5.91 Å². The summed E-state index contributed by atoms with van der Waals surface area (Å²) in [7, 11) is -0.265. The van der Waals surface area contributed by atoms with E-state index >= 15 is 0 Å². The van der Waals surface area contributed by atoms with E-state index in [0.717, 1.165) is 73.9 Å². The molecule has 1 aliphatic heterocycles. The Morgan fingerprint density at radius 3 is 2.26 bits per heavy atom. The van der Waals surface area contributed by atoms with E-state index in [-0.39, 0.29) is 34.1 Å². The van der Waals surface area contributed by atoms with E-state index in [1.165, 1.54) is 7.11 Å². The number of amides is 2. The van der Waals surface area contributed by atoms with Crippen molar-refractivity contribution in [3.8, 4) is 5.75 Å². The summed E-state index contributed by atoms with van der Waals surface area (Å²) in [4.78, 5) is 30.9. The zero-order valence-corrected chi connectivity index (χ0v) is 27.0. The normalized spacial score (nSPS) is 17.1. The molecule has 1 aromatic heterocycles. The van der Waals surface area contributed by atoms with Gasteiger partial charge in [-0.3, -0.25) is 19.2 Å². The number of nitrogens with one attached hydrogen (secondary N) is 2. The number of carbonyl (C=O) groups is 2. The van der Waals surface area contributed by atoms with Crippen LogP contribution in [0.15, 0.2) is 36.4 Å². The number of methoxy groups -OCH3 is 1. The Morgan fingerprint density at radius 1 is 1.02 bits per heavy atom. The summed E-state index contributed by atoms with van der Waals surface area (Å²) in [6.07, 6.45) is 3.06. The fourth-order valence-corrected chi connectivity index (χ4v) is 6.37. The molecule has 1 saturated carbocycles. The molecule has 0 bridgehead atoms. The zero-order valence-electron chi connectivity index (χ0n) is 26.2. The lowest BCUT2D eigenvalue weighted by molar-refractivity contribution is -0.138. The first-order valence-corrected chi connectivity index (χ1v) is 16.6. The van der Waals surface area contributed by atoms with Crippen LogP contribution in [0, 0.1) is 5.41 Å². The Balaban J connectivity index is 1.39. The van der Waals surface area contributed by atoms with Gasteiger partial charge < -0.3 is 19.5 Å². The number of rotatable bonds is 8. The quantitative estimate of drug-likeness (QED) is 0.388. The predicted octanol–water partition coefficient (Wildman–Crippen LogP) is 4.55. The van der Waals surface area contributed by atoms with Crippen molar-refractivity contribution >= 4 is 44.1 Å². The lowest BCUT2D eigenvalue weighted by Crippen LogP contribution is -2.50. The maximum atomic E-state index is 13.7. The number of hydrogen-bond acceptors (Lipinski definition) is 6. The second-order valence-electron chi connectivity index (χ2n) is 13.3. The predicted molar refractivity (Wildman–Crippen MR) is 170 cm³/mol. The molecule has 232 valence electrons.